The molecule has 19 heavy (non-hydrogen) atoms. The van der Waals surface area contributed by atoms with Crippen LogP contribution < -0.4 is 15.4 Å². The number of carbonyl (C=O) groups is 1. The van der Waals surface area contributed by atoms with Gasteiger partial charge in [-0.3, -0.25) is 4.79 Å². The van der Waals surface area contributed by atoms with E-state index in [9.17, 15) is 22.4 Å². The fourth-order valence-corrected chi connectivity index (χ4v) is 1.28. The summed E-state index contributed by atoms with van der Waals surface area (Å²) >= 11 is 0. The maximum absolute atomic E-state index is 12.9. The van der Waals surface area contributed by atoms with Gasteiger partial charge < -0.3 is 15.4 Å². The van der Waals surface area contributed by atoms with Crippen LogP contribution in [0.2, 0.25) is 0 Å². The summed E-state index contributed by atoms with van der Waals surface area (Å²) < 4.78 is 53.2. The van der Waals surface area contributed by atoms with Crippen molar-refractivity contribution in [2.75, 3.05) is 25.5 Å². The molecule has 1 aromatic carbocycles. The molecule has 0 heterocycles. The molecule has 1 aromatic rings. The molecule has 0 fully saturated rings. The number of hydrogen-bond donors (Lipinski definition) is 2. The number of amides is 1. The number of ether oxygens (including phenoxy) is 1. The first-order valence-corrected chi connectivity index (χ1v) is 5.22. The summed E-state index contributed by atoms with van der Waals surface area (Å²) in [6.45, 7) is -1.78. The third-order valence-electron chi connectivity index (χ3n) is 2.05. The molecule has 1 amide bonds. The van der Waals surface area contributed by atoms with Crippen molar-refractivity contribution in [1.82, 2.24) is 5.32 Å². The van der Waals surface area contributed by atoms with Crippen molar-refractivity contribution in [2.24, 2.45) is 0 Å². The molecule has 0 aliphatic heterocycles. The predicted molar refractivity (Wildman–Crippen MR) is 60.5 cm³/mol. The van der Waals surface area contributed by atoms with Gasteiger partial charge in [-0.25, -0.2) is 4.39 Å². The number of nitrogens with one attached hydrogen (secondary N) is 2. The third kappa shape index (κ3) is 5.56. The number of hydrogen-bond acceptors (Lipinski definition) is 3. The molecule has 0 aliphatic rings. The monoisotopic (exact) mass is 280 g/mol. The topological polar surface area (TPSA) is 50.4 Å². The highest BCUT2D eigenvalue weighted by Gasteiger charge is 2.26. The number of anilines is 1. The van der Waals surface area contributed by atoms with E-state index in [1.54, 1.807) is 0 Å². The molecule has 0 spiro atoms. The summed E-state index contributed by atoms with van der Waals surface area (Å²) in [5.41, 5.74) is 0.183. The lowest BCUT2D eigenvalue weighted by atomic mass is 10.3. The lowest BCUT2D eigenvalue weighted by Crippen LogP contribution is -2.35. The van der Waals surface area contributed by atoms with Crippen LogP contribution in [0.15, 0.2) is 18.2 Å². The maximum Gasteiger partial charge on any atom is 0.401 e. The maximum atomic E-state index is 12.9. The molecular weight excluding hydrogens is 268 g/mol. The normalized spacial score (nSPS) is 11.2. The number of alkyl halides is 3. The van der Waals surface area contributed by atoms with Crippen molar-refractivity contribution in [3.8, 4) is 5.75 Å². The van der Waals surface area contributed by atoms with Gasteiger partial charge in [0.2, 0.25) is 5.91 Å². The van der Waals surface area contributed by atoms with Crippen molar-refractivity contribution >= 4 is 11.6 Å². The fraction of sp³-hybridized carbons (Fsp3) is 0.364. The Balaban J connectivity index is 2.53. The molecule has 0 bridgehead atoms. The average molecular weight is 280 g/mol. The highest BCUT2D eigenvalue weighted by Crippen LogP contribution is 2.24. The Morgan fingerprint density at radius 2 is 2.05 bits per heavy atom. The molecule has 0 unspecified atom stereocenters. The highest BCUT2D eigenvalue weighted by molar-refractivity contribution is 5.93. The lowest BCUT2D eigenvalue weighted by molar-refractivity contribution is -0.126. The summed E-state index contributed by atoms with van der Waals surface area (Å²) in [6, 6.07) is 3.41. The zero-order chi connectivity index (χ0) is 14.5. The van der Waals surface area contributed by atoms with Crippen LogP contribution in [0.3, 0.4) is 0 Å². The van der Waals surface area contributed by atoms with Gasteiger partial charge in [-0.1, -0.05) is 0 Å². The first-order valence-electron chi connectivity index (χ1n) is 5.22. The fourth-order valence-electron chi connectivity index (χ4n) is 1.28. The minimum Gasteiger partial charge on any atom is -0.494 e. The zero-order valence-electron chi connectivity index (χ0n) is 9.97. The zero-order valence-corrected chi connectivity index (χ0v) is 9.97. The second-order valence-electron chi connectivity index (χ2n) is 3.61. The smallest absolute Gasteiger partial charge is 0.401 e. The van der Waals surface area contributed by atoms with Crippen LogP contribution >= 0.6 is 0 Å². The van der Waals surface area contributed by atoms with Crippen LogP contribution in [-0.4, -0.2) is 32.3 Å². The van der Waals surface area contributed by atoms with Gasteiger partial charge in [0.1, 0.15) is 11.6 Å². The number of methoxy groups -OCH3 is 1. The Labute approximate surface area is 106 Å². The Morgan fingerprint density at radius 1 is 1.37 bits per heavy atom. The van der Waals surface area contributed by atoms with Gasteiger partial charge in [0.05, 0.1) is 25.9 Å². The quantitative estimate of drug-likeness (QED) is 0.810. The van der Waals surface area contributed by atoms with Gasteiger partial charge in [-0.05, 0) is 12.1 Å². The van der Waals surface area contributed by atoms with Crippen LogP contribution in [0.25, 0.3) is 0 Å². The Hall–Kier alpha value is -1.83. The van der Waals surface area contributed by atoms with Crippen molar-refractivity contribution in [3.05, 3.63) is 24.0 Å². The molecule has 0 radical (unpaired) electrons. The summed E-state index contributed by atoms with van der Waals surface area (Å²) in [6.07, 6.45) is -4.38. The van der Waals surface area contributed by atoms with E-state index in [1.165, 1.54) is 13.2 Å². The summed E-state index contributed by atoms with van der Waals surface area (Å²) in [4.78, 5) is 11.4. The molecule has 0 saturated heterocycles. The lowest BCUT2D eigenvalue weighted by Gasteiger charge is -2.11. The molecule has 4 nitrogen and oxygen atoms in total. The first kappa shape index (κ1) is 15.2. The van der Waals surface area contributed by atoms with E-state index in [4.69, 9.17) is 4.74 Å². The second kappa shape index (κ2) is 6.37. The number of carbonyl (C=O) groups excluding carboxylic acids is 1. The molecule has 8 heteroatoms. The van der Waals surface area contributed by atoms with E-state index < -0.39 is 31.0 Å². The van der Waals surface area contributed by atoms with Crippen LogP contribution in [0.1, 0.15) is 0 Å². The second-order valence-corrected chi connectivity index (χ2v) is 3.61. The number of halogens is 4. The van der Waals surface area contributed by atoms with Gasteiger partial charge in [0.15, 0.2) is 0 Å². The first-order chi connectivity index (χ1) is 8.81. The van der Waals surface area contributed by atoms with Crippen LogP contribution in [0.5, 0.6) is 5.75 Å². The minimum atomic E-state index is -4.38. The van der Waals surface area contributed by atoms with E-state index >= 15 is 0 Å². The van der Waals surface area contributed by atoms with Crippen molar-refractivity contribution in [2.45, 2.75) is 6.18 Å². The SMILES string of the molecule is COc1cc(F)ccc1NC(=O)CNCC(F)(F)F. The molecule has 0 saturated carbocycles. The van der Waals surface area contributed by atoms with Crippen LogP contribution in [0, 0.1) is 5.82 Å². The molecule has 0 aromatic heterocycles. The molecular formula is C11H12F4N2O2. The van der Waals surface area contributed by atoms with E-state index in [0.29, 0.717) is 0 Å². The van der Waals surface area contributed by atoms with Gasteiger partial charge >= 0.3 is 6.18 Å². The van der Waals surface area contributed by atoms with Crippen molar-refractivity contribution < 1.29 is 27.1 Å². The predicted octanol–water partition coefficient (Wildman–Crippen LogP) is 1.92. The van der Waals surface area contributed by atoms with Crippen LogP contribution in [0.4, 0.5) is 23.2 Å². The van der Waals surface area contributed by atoms with Gasteiger partial charge in [0, 0.05) is 6.07 Å². The largest absolute Gasteiger partial charge is 0.494 e. The van der Waals surface area contributed by atoms with Gasteiger partial charge in [-0.2, -0.15) is 13.2 Å². The molecule has 106 valence electrons. The highest BCUT2D eigenvalue weighted by atomic mass is 19.4. The van der Waals surface area contributed by atoms with Crippen molar-refractivity contribution in [1.29, 1.82) is 0 Å². The number of rotatable bonds is 5. The molecule has 0 aliphatic carbocycles. The van der Waals surface area contributed by atoms with Gasteiger partial charge in [-0.15, -0.1) is 0 Å². The van der Waals surface area contributed by atoms with E-state index in [0.717, 1.165) is 12.1 Å². The summed E-state index contributed by atoms with van der Waals surface area (Å²) in [7, 11) is 1.28. The van der Waals surface area contributed by atoms with E-state index in [2.05, 4.69) is 5.32 Å². The summed E-state index contributed by atoms with van der Waals surface area (Å²) in [5, 5.41) is 4.26. The Morgan fingerprint density at radius 3 is 2.63 bits per heavy atom. The molecule has 1 rings (SSSR count). The third-order valence-corrected chi connectivity index (χ3v) is 2.05. The number of benzene rings is 1. The van der Waals surface area contributed by atoms with E-state index in [1.807, 2.05) is 5.32 Å². The van der Waals surface area contributed by atoms with Crippen molar-refractivity contribution in [3.63, 3.8) is 0 Å². The molecule has 0 atom stereocenters. The average Bonchev–Trinajstić information content (AvgIpc) is 2.29. The standard InChI is InChI=1S/C11H12F4N2O2/c1-19-9-4-7(12)2-3-8(9)17-10(18)5-16-6-11(13,14)15/h2-4,16H,5-6H2,1H3,(H,17,18). The minimum absolute atomic E-state index is 0.0872. The van der Waals surface area contributed by atoms with Crippen LogP contribution in [-0.2, 0) is 4.79 Å². The Bertz CT molecular complexity index is 449. The summed E-state index contributed by atoms with van der Waals surface area (Å²) in [5.74, 6) is -1.15. The van der Waals surface area contributed by atoms with Gasteiger partial charge in [0.25, 0.3) is 0 Å². The Kier molecular flexibility index (Phi) is 5.11. The van der Waals surface area contributed by atoms with E-state index in [-0.39, 0.29) is 11.4 Å². The molecule has 2 N–H and O–H groups in total.